The van der Waals surface area contributed by atoms with Crippen LogP contribution in [0, 0.1) is 17.8 Å². The van der Waals surface area contributed by atoms with Crippen LogP contribution in [0.2, 0.25) is 0 Å². The molecule has 1 aliphatic carbocycles. The summed E-state index contributed by atoms with van der Waals surface area (Å²) in [7, 11) is 0. The van der Waals surface area contributed by atoms with E-state index in [2.05, 4.69) is 19.2 Å². The van der Waals surface area contributed by atoms with Gasteiger partial charge in [-0.15, -0.1) is 0 Å². The highest BCUT2D eigenvalue weighted by Gasteiger charge is 2.32. The Morgan fingerprint density at radius 3 is 2.57 bits per heavy atom. The van der Waals surface area contributed by atoms with Crippen LogP contribution in [0.1, 0.15) is 46.5 Å². The second kappa shape index (κ2) is 5.38. The first-order valence-electron chi connectivity index (χ1n) is 5.94. The standard InChI is InChI=1S/C12H23NO/c1-4-13-12(14)11-8-6-5-7-10(11)9(2)3/h9-11H,4-8H2,1-3H3,(H,13,14). The molecule has 0 spiro atoms. The van der Waals surface area contributed by atoms with Crippen molar-refractivity contribution in [2.75, 3.05) is 6.54 Å². The summed E-state index contributed by atoms with van der Waals surface area (Å²) < 4.78 is 0. The van der Waals surface area contributed by atoms with Gasteiger partial charge in [-0.1, -0.05) is 26.7 Å². The van der Waals surface area contributed by atoms with Crippen LogP contribution in [0.25, 0.3) is 0 Å². The lowest BCUT2D eigenvalue weighted by Crippen LogP contribution is -2.38. The van der Waals surface area contributed by atoms with E-state index in [0.29, 0.717) is 11.8 Å². The molecular weight excluding hydrogens is 174 g/mol. The summed E-state index contributed by atoms with van der Waals surface area (Å²) in [5, 5.41) is 2.96. The largest absolute Gasteiger partial charge is 0.356 e. The summed E-state index contributed by atoms with van der Waals surface area (Å²) in [5.74, 6) is 1.81. The lowest BCUT2D eigenvalue weighted by Gasteiger charge is -2.33. The first-order valence-corrected chi connectivity index (χ1v) is 5.94. The van der Waals surface area contributed by atoms with Crippen LogP contribution < -0.4 is 5.32 Å². The van der Waals surface area contributed by atoms with Crippen molar-refractivity contribution in [3.05, 3.63) is 0 Å². The molecule has 1 saturated carbocycles. The van der Waals surface area contributed by atoms with Gasteiger partial charge < -0.3 is 5.32 Å². The van der Waals surface area contributed by atoms with Gasteiger partial charge in [-0.05, 0) is 31.6 Å². The Balaban J connectivity index is 2.57. The van der Waals surface area contributed by atoms with Crippen molar-refractivity contribution in [3.63, 3.8) is 0 Å². The van der Waals surface area contributed by atoms with Crippen LogP contribution in [0.15, 0.2) is 0 Å². The molecular formula is C12H23NO. The van der Waals surface area contributed by atoms with Gasteiger partial charge in [0.15, 0.2) is 0 Å². The third-order valence-corrected chi connectivity index (χ3v) is 3.36. The predicted molar refractivity (Wildman–Crippen MR) is 59.0 cm³/mol. The van der Waals surface area contributed by atoms with E-state index in [9.17, 15) is 4.79 Å². The summed E-state index contributed by atoms with van der Waals surface area (Å²) in [6.45, 7) is 7.23. The zero-order valence-corrected chi connectivity index (χ0v) is 9.68. The van der Waals surface area contributed by atoms with Gasteiger partial charge in [0.1, 0.15) is 0 Å². The second-order valence-electron chi connectivity index (χ2n) is 4.69. The van der Waals surface area contributed by atoms with Gasteiger partial charge >= 0.3 is 0 Å². The fourth-order valence-electron chi connectivity index (χ4n) is 2.59. The molecule has 2 nitrogen and oxygen atoms in total. The van der Waals surface area contributed by atoms with Crippen LogP contribution in [0.4, 0.5) is 0 Å². The van der Waals surface area contributed by atoms with Gasteiger partial charge in [-0.3, -0.25) is 4.79 Å². The molecule has 0 aromatic carbocycles. The van der Waals surface area contributed by atoms with E-state index >= 15 is 0 Å². The SMILES string of the molecule is CCNC(=O)C1CCCCC1C(C)C. The van der Waals surface area contributed by atoms with Crippen LogP contribution in [-0.2, 0) is 4.79 Å². The van der Waals surface area contributed by atoms with E-state index in [0.717, 1.165) is 13.0 Å². The summed E-state index contributed by atoms with van der Waals surface area (Å²) in [5.41, 5.74) is 0. The molecule has 1 amide bonds. The summed E-state index contributed by atoms with van der Waals surface area (Å²) in [4.78, 5) is 11.8. The van der Waals surface area contributed by atoms with E-state index in [1.165, 1.54) is 19.3 Å². The van der Waals surface area contributed by atoms with Crippen molar-refractivity contribution in [3.8, 4) is 0 Å². The Hall–Kier alpha value is -0.530. The van der Waals surface area contributed by atoms with Crippen LogP contribution in [0.5, 0.6) is 0 Å². The lowest BCUT2D eigenvalue weighted by atomic mass is 9.73. The molecule has 0 aliphatic heterocycles. The minimum Gasteiger partial charge on any atom is -0.356 e. The molecule has 14 heavy (non-hydrogen) atoms. The number of rotatable bonds is 3. The van der Waals surface area contributed by atoms with Crippen molar-refractivity contribution in [1.82, 2.24) is 5.32 Å². The number of hydrogen-bond donors (Lipinski definition) is 1. The molecule has 2 heteroatoms. The molecule has 0 aromatic heterocycles. The molecule has 0 radical (unpaired) electrons. The summed E-state index contributed by atoms with van der Waals surface area (Å²) >= 11 is 0. The van der Waals surface area contributed by atoms with Crippen molar-refractivity contribution in [2.45, 2.75) is 46.5 Å². The molecule has 82 valence electrons. The van der Waals surface area contributed by atoms with Crippen molar-refractivity contribution in [1.29, 1.82) is 0 Å². The van der Waals surface area contributed by atoms with Crippen molar-refractivity contribution in [2.24, 2.45) is 17.8 Å². The zero-order chi connectivity index (χ0) is 10.6. The maximum absolute atomic E-state index is 11.8. The fraction of sp³-hybridized carbons (Fsp3) is 0.917. The number of carbonyl (C=O) groups excluding carboxylic acids is 1. The van der Waals surface area contributed by atoms with E-state index in [1.54, 1.807) is 0 Å². The maximum Gasteiger partial charge on any atom is 0.223 e. The highest BCUT2D eigenvalue weighted by Crippen LogP contribution is 2.35. The Labute approximate surface area is 87.5 Å². The average molecular weight is 197 g/mol. The predicted octanol–water partition coefficient (Wildman–Crippen LogP) is 2.58. The molecule has 1 rings (SSSR count). The van der Waals surface area contributed by atoms with E-state index in [-0.39, 0.29) is 11.8 Å². The Kier molecular flexibility index (Phi) is 4.43. The fourth-order valence-corrected chi connectivity index (χ4v) is 2.59. The normalized spacial score (nSPS) is 27.7. The maximum atomic E-state index is 11.8. The molecule has 0 heterocycles. The summed E-state index contributed by atoms with van der Waals surface area (Å²) in [6.07, 6.45) is 4.86. The minimum atomic E-state index is 0.281. The molecule has 1 N–H and O–H groups in total. The monoisotopic (exact) mass is 197 g/mol. The Bertz CT molecular complexity index is 189. The van der Waals surface area contributed by atoms with Crippen molar-refractivity contribution >= 4 is 5.91 Å². The quantitative estimate of drug-likeness (QED) is 0.740. The lowest BCUT2D eigenvalue weighted by molar-refractivity contribution is -0.128. The zero-order valence-electron chi connectivity index (χ0n) is 9.68. The Morgan fingerprint density at radius 1 is 1.36 bits per heavy atom. The molecule has 0 saturated heterocycles. The Morgan fingerprint density at radius 2 is 2.00 bits per heavy atom. The van der Waals surface area contributed by atoms with Gasteiger partial charge in [0.2, 0.25) is 5.91 Å². The van der Waals surface area contributed by atoms with Gasteiger partial charge in [0.05, 0.1) is 0 Å². The van der Waals surface area contributed by atoms with Gasteiger partial charge in [0.25, 0.3) is 0 Å². The first kappa shape index (κ1) is 11.5. The molecule has 2 unspecified atom stereocenters. The van der Waals surface area contributed by atoms with Crippen LogP contribution in [-0.4, -0.2) is 12.5 Å². The number of nitrogens with one attached hydrogen (secondary N) is 1. The first-order chi connectivity index (χ1) is 6.66. The van der Waals surface area contributed by atoms with Crippen molar-refractivity contribution < 1.29 is 4.79 Å². The smallest absolute Gasteiger partial charge is 0.223 e. The average Bonchev–Trinajstić information content (AvgIpc) is 2.18. The van der Waals surface area contributed by atoms with E-state index in [4.69, 9.17) is 0 Å². The van der Waals surface area contributed by atoms with E-state index < -0.39 is 0 Å². The van der Waals surface area contributed by atoms with Gasteiger partial charge in [-0.2, -0.15) is 0 Å². The third-order valence-electron chi connectivity index (χ3n) is 3.36. The topological polar surface area (TPSA) is 29.1 Å². The van der Waals surface area contributed by atoms with Crippen LogP contribution >= 0.6 is 0 Å². The summed E-state index contributed by atoms with van der Waals surface area (Å²) in [6, 6.07) is 0. The van der Waals surface area contributed by atoms with Gasteiger partial charge in [0, 0.05) is 12.5 Å². The molecule has 0 aromatic rings. The molecule has 1 aliphatic rings. The molecule has 2 atom stereocenters. The molecule has 1 fully saturated rings. The number of carbonyl (C=O) groups is 1. The second-order valence-corrected chi connectivity index (χ2v) is 4.69. The van der Waals surface area contributed by atoms with Gasteiger partial charge in [-0.25, -0.2) is 0 Å². The highest BCUT2D eigenvalue weighted by atomic mass is 16.1. The minimum absolute atomic E-state index is 0.281. The third kappa shape index (κ3) is 2.73. The van der Waals surface area contributed by atoms with E-state index in [1.807, 2.05) is 6.92 Å². The molecule has 0 bridgehead atoms. The highest BCUT2D eigenvalue weighted by molar-refractivity contribution is 5.79. The van der Waals surface area contributed by atoms with Crippen LogP contribution in [0.3, 0.4) is 0 Å². The number of hydrogen-bond acceptors (Lipinski definition) is 1. The number of amides is 1.